The number of nitrogens with one attached hydrogen (secondary N) is 1. The van der Waals surface area contributed by atoms with Crippen molar-refractivity contribution in [3.05, 3.63) is 71.0 Å². The zero-order valence-corrected chi connectivity index (χ0v) is 11.5. The number of carbonyl (C=O) groups excluding carboxylic acids is 1. The van der Waals surface area contributed by atoms with Crippen molar-refractivity contribution in [2.45, 2.75) is 5.92 Å². The fourth-order valence-electron chi connectivity index (χ4n) is 2.08. The van der Waals surface area contributed by atoms with E-state index in [1.54, 1.807) is 30.3 Å². The highest BCUT2D eigenvalue weighted by Crippen LogP contribution is 2.16. The van der Waals surface area contributed by atoms with Crippen molar-refractivity contribution >= 4 is 5.91 Å². The van der Waals surface area contributed by atoms with Crippen LogP contribution in [0.1, 0.15) is 21.8 Å². The first-order chi connectivity index (χ1) is 10.5. The van der Waals surface area contributed by atoms with Crippen LogP contribution >= 0.6 is 0 Å². The Morgan fingerprint density at radius 1 is 1.09 bits per heavy atom. The summed E-state index contributed by atoms with van der Waals surface area (Å²) in [6, 6.07) is 9.79. The molecule has 0 radical (unpaired) electrons. The van der Waals surface area contributed by atoms with Gasteiger partial charge < -0.3 is 10.4 Å². The largest absolute Gasteiger partial charge is 0.396 e. The molecule has 0 spiro atoms. The minimum atomic E-state index is -1.27. The van der Waals surface area contributed by atoms with Gasteiger partial charge >= 0.3 is 0 Å². The van der Waals surface area contributed by atoms with Gasteiger partial charge in [0.05, 0.1) is 6.61 Å². The van der Waals surface area contributed by atoms with Crippen LogP contribution in [0.4, 0.5) is 13.2 Å². The quantitative estimate of drug-likeness (QED) is 0.892. The molecule has 0 fully saturated rings. The molecular formula is C16H14F3NO2. The molecule has 2 N–H and O–H groups in total. The van der Waals surface area contributed by atoms with E-state index in [2.05, 4.69) is 5.32 Å². The second-order valence-electron chi connectivity index (χ2n) is 4.74. The molecule has 2 rings (SSSR count). The van der Waals surface area contributed by atoms with Crippen LogP contribution < -0.4 is 5.32 Å². The summed E-state index contributed by atoms with van der Waals surface area (Å²) >= 11 is 0. The number of aliphatic hydroxyl groups is 1. The van der Waals surface area contributed by atoms with Crippen LogP contribution in [0.2, 0.25) is 0 Å². The Labute approximate surface area is 125 Å². The maximum Gasteiger partial charge on any atom is 0.257 e. The van der Waals surface area contributed by atoms with E-state index in [0.717, 1.165) is 5.56 Å². The van der Waals surface area contributed by atoms with Crippen molar-refractivity contribution in [1.29, 1.82) is 0 Å². The lowest BCUT2D eigenvalue weighted by Crippen LogP contribution is -2.31. The van der Waals surface area contributed by atoms with Gasteiger partial charge in [-0.15, -0.1) is 0 Å². The molecule has 0 heterocycles. The summed E-state index contributed by atoms with van der Waals surface area (Å²) in [5, 5.41) is 11.7. The summed E-state index contributed by atoms with van der Waals surface area (Å²) in [4.78, 5) is 11.9. The predicted octanol–water partition coefficient (Wildman–Crippen LogP) is 2.61. The zero-order chi connectivity index (χ0) is 16.1. The maximum atomic E-state index is 13.5. The first-order valence-corrected chi connectivity index (χ1v) is 6.61. The van der Waals surface area contributed by atoms with Crippen molar-refractivity contribution in [2.75, 3.05) is 13.2 Å². The van der Waals surface area contributed by atoms with E-state index in [4.69, 9.17) is 0 Å². The monoisotopic (exact) mass is 309 g/mol. The molecule has 1 unspecified atom stereocenters. The Morgan fingerprint density at radius 3 is 2.23 bits per heavy atom. The van der Waals surface area contributed by atoms with Crippen molar-refractivity contribution in [3.8, 4) is 0 Å². The number of hydrogen-bond acceptors (Lipinski definition) is 2. The third-order valence-corrected chi connectivity index (χ3v) is 3.23. The smallest absolute Gasteiger partial charge is 0.257 e. The van der Waals surface area contributed by atoms with Crippen molar-refractivity contribution in [3.63, 3.8) is 0 Å². The molecule has 0 aromatic heterocycles. The lowest BCUT2D eigenvalue weighted by molar-refractivity contribution is 0.0939. The summed E-state index contributed by atoms with van der Waals surface area (Å²) in [5.41, 5.74) is -0.0588. The van der Waals surface area contributed by atoms with Crippen LogP contribution in [-0.4, -0.2) is 24.2 Å². The van der Waals surface area contributed by atoms with E-state index >= 15 is 0 Å². The third-order valence-electron chi connectivity index (χ3n) is 3.23. The lowest BCUT2D eigenvalue weighted by Gasteiger charge is -2.16. The van der Waals surface area contributed by atoms with Crippen LogP contribution in [0.25, 0.3) is 0 Å². The maximum absolute atomic E-state index is 13.5. The van der Waals surface area contributed by atoms with Gasteiger partial charge in [-0.05, 0) is 5.56 Å². The van der Waals surface area contributed by atoms with Crippen molar-refractivity contribution in [1.82, 2.24) is 5.32 Å². The van der Waals surface area contributed by atoms with Gasteiger partial charge in [0.15, 0.2) is 0 Å². The van der Waals surface area contributed by atoms with Gasteiger partial charge in [0.2, 0.25) is 0 Å². The molecule has 0 saturated carbocycles. The first kappa shape index (κ1) is 16.0. The molecule has 1 amide bonds. The molecule has 0 aliphatic carbocycles. The molecule has 3 nitrogen and oxygen atoms in total. The summed E-state index contributed by atoms with van der Waals surface area (Å²) in [6.45, 7) is -0.242. The average molecular weight is 309 g/mol. The van der Waals surface area contributed by atoms with E-state index in [-0.39, 0.29) is 13.2 Å². The Balaban J connectivity index is 2.10. The highest BCUT2D eigenvalue weighted by Gasteiger charge is 2.20. The van der Waals surface area contributed by atoms with E-state index in [1.165, 1.54) is 0 Å². The minimum Gasteiger partial charge on any atom is -0.396 e. The molecule has 6 heteroatoms. The number of carbonyl (C=O) groups is 1. The number of amides is 1. The van der Waals surface area contributed by atoms with Crippen LogP contribution in [0.15, 0.2) is 42.5 Å². The summed E-state index contributed by atoms with van der Waals surface area (Å²) in [7, 11) is 0. The first-order valence-electron chi connectivity index (χ1n) is 6.61. The fraction of sp³-hybridized carbons (Fsp3) is 0.188. The van der Waals surface area contributed by atoms with E-state index in [1.807, 2.05) is 0 Å². The summed E-state index contributed by atoms with van der Waals surface area (Å²) in [6.07, 6.45) is 0. The Morgan fingerprint density at radius 2 is 1.68 bits per heavy atom. The zero-order valence-electron chi connectivity index (χ0n) is 11.5. The number of rotatable bonds is 5. The SMILES string of the molecule is O=C(NCC(CO)c1ccccc1)c1c(F)cc(F)cc1F. The second-order valence-corrected chi connectivity index (χ2v) is 4.74. The average Bonchev–Trinajstić information content (AvgIpc) is 2.48. The molecule has 0 aliphatic heterocycles. The van der Waals surface area contributed by atoms with Crippen LogP contribution in [0.5, 0.6) is 0 Å². The normalized spacial score (nSPS) is 12.0. The van der Waals surface area contributed by atoms with Gasteiger partial charge in [-0.25, -0.2) is 13.2 Å². The highest BCUT2D eigenvalue weighted by atomic mass is 19.1. The molecule has 2 aromatic rings. The Kier molecular flexibility index (Phi) is 5.16. The van der Waals surface area contributed by atoms with Crippen molar-refractivity contribution in [2.24, 2.45) is 0 Å². The molecule has 0 aliphatic rings. The molecule has 2 aromatic carbocycles. The Bertz CT molecular complexity index is 639. The number of benzene rings is 2. The van der Waals surface area contributed by atoms with E-state index in [0.29, 0.717) is 12.1 Å². The standard InChI is InChI=1S/C16H14F3NO2/c17-12-6-13(18)15(14(19)7-12)16(22)20-8-11(9-21)10-4-2-1-3-5-10/h1-7,11,21H,8-9H2,(H,20,22). The summed E-state index contributed by atoms with van der Waals surface area (Å²) < 4.78 is 39.8. The van der Waals surface area contributed by atoms with Crippen LogP contribution in [0, 0.1) is 17.5 Å². The molecule has 0 saturated heterocycles. The van der Waals surface area contributed by atoms with E-state index < -0.39 is 34.8 Å². The van der Waals surface area contributed by atoms with Gasteiger partial charge in [0.1, 0.15) is 23.0 Å². The molecular weight excluding hydrogens is 295 g/mol. The number of hydrogen-bond donors (Lipinski definition) is 2. The van der Waals surface area contributed by atoms with Crippen LogP contribution in [0.3, 0.4) is 0 Å². The van der Waals surface area contributed by atoms with Gasteiger partial charge in [-0.1, -0.05) is 30.3 Å². The number of aliphatic hydroxyl groups excluding tert-OH is 1. The molecule has 1 atom stereocenters. The van der Waals surface area contributed by atoms with E-state index in [9.17, 15) is 23.1 Å². The fourth-order valence-corrected chi connectivity index (χ4v) is 2.08. The second kappa shape index (κ2) is 7.09. The molecule has 22 heavy (non-hydrogen) atoms. The summed E-state index contributed by atoms with van der Waals surface area (Å²) in [5.74, 6) is -5.03. The highest BCUT2D eigenvalue weighted by molar-refractivity contribution is 5.94. The van der Waals surface area contributed by atoms with Crippen molar-refractivity contribution < 1.29 is 23.1 Å². The molecule has 0 bridgehead atoms. The van der Waals surface area contributed by atoms with Gasteiger partial charge in [-0.2, -0.15) is 0 Å². The molecule has 116 valence electrons. The van der Waals surface area contributed by atoms with Crippen LogP contribution in [-0.2, 0) is 0 Å². The Hall–Kier alpha value is -2.34. The topological polar surface area (TPSA) is 49.3 Å². The van der Waals surface area contributed by atoms with Gasteiger partial charge in [-0.3, -0.25) is 4.79 Å². The van der Waals surface area contributed by atoms with Gasteiger partial charge in [0, 0.05) is 24.6 Å². The van der Waals surface area contributed by atoms with Gasteiger partial charge in [0.25, 0.3) is 5.91 Å². The minimum absolute atomic E-state index is 0.00436. The third kappa shape index (κ3) is 3.65. The number of halogens is 3. The predicted molar refractivity (Wildman–Crippen MR) is 74.9 cm³/mol. The lowest BCUT2D eigenvalue weighted by atomic mass is 10.00.